The lowest BCUT2D eigenvalue weighted by atomic mass is 9.76. The first kappa shape index (κ1) is 17.6. The number of thioether (sulfide) groups is 1. The van der Waals surface area contributed by atoms with Crippen LogP contribution in [0, 0.1) is 11.8 Å². The summed E-state index contributed by atoms with van der Waals surface area (Å²) >= 11 is 1.77. The molecule has 0 aromatic heterocycles. The zero-order valence-electron chi connectivity index (χ0n) is 13.5. The van der Waals surface area contributed by atoms with Crippen LogP contribution in [0.2, 0.25) is 0 Å². The molecule has 4 nitrogen and oxygen atoms in total. The molecule has 0 spiro atoms. The highest BCUT2D eigenvalue weighted by atomic mass is 32.2. The summed E-state index contributed by atoms with van der Waals surface area (Å²) in [6.45, 7) is 4.12. The van der Waals surface area contributed by atoms with Gasteiger partial charge in [-0.05, 0) is 38.1 Å². The Hall–Kier alpha value is 0.220. The second-order valence-electron chi connectivity index (χ2n) is 6.60. The summed E-state index contributed by atoms with van der Waals surface area (Å²) in [6.07, 6.45) is 6.41. The molecule has 2 rings (SSSR count). The van der Waals surface area contributed by atoms with E-state index in [0.29, 0.717) is 12.0 Å². The Morgan fingerprint density at radius 2 is 2.10 bits per heavy atom. The molecule has 6 heteroatoms. The molecule has 0 radical (unpaired) electrons. The van der Waals surface area contributed by atoms with Crippen molar-refractivity contribution < 1.29 is 8.42 Å². The first-order chi connectivity index (χ1) is 9.95. The van der Waals surface area contributed by atoms with Gasteiger partial charge in [-0.2, -0.15) is 11.8 Å². The minimum atomic E-state index is -2.98. The molecular formula is C15H30N2O2S2. The summed E-state index contributed by atoms with van der Waals surface area (Å²) < 4.78 is 24.1. The quantitative estimate of drug-likeness (QED) is 0.831. The number of rotatable bonds is 5. The Bertz CT molecular complexity index is 427. The van der Waals surface area contributed by atoms with Gasteiger partial charge in [-0.3, -0.25) is 4.90 Å². The van der Waals surface area contributed by atoms with E-state index in [-0.39, 0.29) is 5.37 Å². The monoisotopic (exact) mass is 334 g/mol. The van der Waals surface area contributed by atoms with Gasteiger partial charge in [0.1, 0.15) is 5.37 Å². The predicted molar refractivity (Wildman–Crippen MR) is 91.5 cm³/mol. The van der Waals surface area contributed by atoms with Gasteiger partial charge in [0, 0.05) is 36.9 Å². The van der Waals surface area contributed by atoms with Crippen LogP contribution in [0.15, 0.2) is 0 Å². The van der Waals surface area contributed by atoms with Crippen molar-refractivity contribution in [2.45, 2.75) is 44.0 Å². The lowest BCUT2D eigenvalue weighted by molar-refractivity contribution is 0.139. The molecule has 0 aromatic rings. The summed E-state index contributed by atoms with van der Waals surface area (Å²) in [4.78, 5) is 2.24. The number of hydrogen-bond donors (Lipinski definition) is 1. The average Bonchev–Trinajstić information content (AvgIpc) is 2.46. The Balaban J connectivity index is 2.05. The minimum absolute atomic E-state index is 0.282. The van der Waals surface area contributed by atoms with E-state index >= 15 is 0 Å². The molecule has 1 aliphatic heterocycles. The van der Waals surface area contributed by atoms with Crippen molar-refractivity contribution in [2.24, 2.45) is 11.8 Å². The summed E-state index contributed by atoms with van der Waals surface area (Å²) in [7, 11) is -0.939. The maximum Gasteiger partial charge on any atom is 0.164 e. The van der Waals surface area contributed by atoms with Crippen LogP contribution in [0.1, 0.15) is 32.6 Å². The van der Waals surface area contributed by atoms with Gasteiger partial charge in [0.25, 0.3) is 0 Å². The van der Waals surface area contributed by atoms with Gasteiger partial charge in [-0.1, -0.05) is 13.3 Å². The first-order valence-electron chi connectivity index (χ1n) is 8.13. The Labute approximate surface area is 134 Å². The molecule has 4 unspecified atom stereocenters. The van der Waals surface area contributed by atoms with E-state index in [1.807, 2.05) is 7.05 Å². The highest BCUT2D eigenvalue weighted by Crippen LogP contribution is 2.33. The molecule has 1 heterocycles. The average molecular weight is 335 g/mol. The van der Waals surface area contributed by atoms with E-state index in [2.05, 4.69) is 17.1 Å². The van der Waals surface area contributed by atoms with Crippen LogP contribution in [0.25, 0.3) is 0 Å². The van der Waals surface area contributed by atoms with Gasteiger partial charge >= 0.3 is 0 Å². The maximum atomic E-state index is 12.0. The van der Waals surface area contributed by atoms with Crippen molar-refractivity contribution in [3.63, 3.8) is 0 Å². The van der Waals surface area contributed by atoms with Crippen LogP contribution in [-0.4, -0.2) is 62.6 Å². The van der Waals surface area contributed by atoms with Crippen molar-refractivity contribution in [1.29, 1.82) is 0 Å². The fourth-order valence-electron chi connectivity index (χ4n) is 3.83. The van der Waals surface area contributed by atoms with Crippen LogP contribution < -0.4 is 5.32 Å². The largest absolute Gasteiger partial charge is 0.317 e. The van der Waals surface area contributed by atoms with Gasteiger partial charge in [0.15, 0.2) is 9.84 Å². The molecule has 1 N–H and O–H groups in total. The molecule has 1 saturated heterocycles. The van der Waals surface area contributed by atoms with E-state index in [9.17, 15) is 8.42 Å². The third-order valence-corrected chi connectivity index (χ3v) is 7.88. The van der Waals surface area contributed by atoms with Gasteiger partial charge < -0.3 is 5.32 Å². The number of hydrogen-bond acceptors (Lipinski definition) is 5. The summed E-state index contributed by atoms with van der Waals surface area (Å²) in [5, 5.41) is 3.18. The molecule has 0 aromatic carbocycles. The second kappa shape index (κ2) is 7.66. The molecule has 124 valence electrons. The summed E-state index contributed by atoms with van der Waals surface area (Å²) in [5.74, 6) is 3.18. The van der Waals surface area contributed by atoms with Crippen molar-refractivity contribution >= 4 is 21.6 Å². The van der Waals surface area contributed by atoms with E-state index in [0.717, 1.165) is 30.5 Å². The Kier molecular flexibility index (Phi) is 6.41. The molecule has 21 heavy (non-hydrogen) atoms. The van der Waals surface area contributed by atoms with E-state index < -0.39 is 9.84 Å². The van der Waals surface area contributed by atoms with Gasteiger partial charge in [-0.15, -0.1) is 0 Å². The highest BCUT2D eigenvalue weighted by Gasteiger charge is 2.36. The number of nitrogens with zero attached hydrogens (tertiary/aromatic N) is 1. The minimum Gasteiger partial charge on any atom is -0.317 e. The summed E-state index contributed by atoms with van der Waals surface area (Å²) in [5.41, 5.74) is 0. The molecule has 0 bridgehead atoms. The lowest BCUT2D eigenvalue weighted by Crippen LogP contribution is -2.52. The third-order valence-electron chi connectivity index (χ3n) is 5.19. The van der Waals surface area contributed by atoms with Crippen molar-refractivity contribution in [3.05, 3.63) is 0 Å². The Morgan fingerprint density at radius 1 is 1.33 bits per heavy atom. The van der Waals surface area contributed by atoms with Crippen LogP contribution in [0.3, 0.4) is 0 Å². The van der Waals surface area contributed by atoms with E-state index in [4.69, 9.17) is 0 Å². The van der Waals surface area contributed by atoms with Crippen LogP contribution in [-0.2, 0) is 9.84 Å². The highest BCUT2D eigenvalue weighted by molar-refractivity contribution is 8.00. The molecule has 2 fully saturated rings. The predicted octanol–water partition coefficient (Wildman–Crippen LogP) is 1.82. The second-order valence-corrected chi connectivity index (χ2v) is 9.95. The standard InChI is InChI=1S/C15H30N2O2S2/c1-4-12-5-6-14(16-2)13(9-12)10-17-7-8-20-11-15(17)21(3,18)19/h12-16H,4-11H2,1-3H3. The molecule has 1 aliphatic carbocycles. The fourth-order valence-corrected chi connectivity index (χ4v) is 6.79. The maximum absolute atomic E-state index is 12.0. The van der Waals surface area contributed by atoms with E-state index in [1.54, 1.807) is 11.8 Å². The van der Waals surface area contributed by atoms with Gasteiger partial charge in [-0.25, -0.2) is 8.42 Å². The molecule has 2 aliphatic rings. The SMILES string of the molecule is CCC1CCC(NC)C(CN2CCSCC2S(C)(=O)=O)C1. The normalized spacial score (nSPS) is 35.8. The molecular weight excluding hydrogens is 304 g/mol. The fraction of sp³-hybridized carbons (Fsp3) is 1.00. The zero-order chi connectivity index (χ0) is 15.5. The van der Waals surface area contributed by atoms with Gasteiger partial charge in [0.2, 0.25) is 0 Å². The number of sulfone groups is 1. The summed E-state index contributed by atoms with van der Waals surface area (Å²) in [6, 6.07) is 0.544. The molecule has 0 amide bonds. The van der Waals surface area contributed by atoms with Crippen LogP contribution >= 0.6 is 11.8 Å². The van der Waals surface area contributed by atoms with E-state index in [1.165, 1.54) is 31.9 Å². The molecule has 4 atom stereocenters. The van der Waals surface area contributed by atoms with Gasteiger partial charge in [0.05, 0.1) is 0 Å². The van der Waals surface area contributed by atoms with Crippen molar-refractivity contribution in [1.82, 2.24) is 10.2 Å². The first-order valence-corrected chi connectivity index (χ1v) is 11.2. The van der Waals surface area contributed by atoms with Crippen LogP contribution in [0.4, 0.5) is 0 Å². The van der Waals surface area contributed by atoms with Crippen LogP contribution in [0.5, 0.6) is 0 Å². The lowest BCUT2D eigenvalue weighted by Gasteiger charge is -2.42. The third kappa shape index (κ3) is 4.60. The topological polar surface area (TPSA) is 49.4 Å². The van der Waals surface area contributed by atoms with Crippen molar-refractivity contribution in [3.8, 4) is 0 Å². The molecule has 1 saturated carbocycles. The smallest absolute Gasteiger partial charge is 0.164 e. The zero-order valence-corrected chi connectivity index (χ0v) is 15.2. The Morgan fingerprint density at radius 3 is 2.71 bits per heavy atom. The van der Waals surface area contributed by atoms with Crippen molar-refractivity contribution in [2.75, 3.05) is 37.9 Å². The number of nitrogens with one attached hydrogen (secondary N) is 1.